The Morgan fingerprint density at radius 2 is 1.32 bits per heavy atom. The highest BCUT2D eigenvalue weighted by molar-refractivity contribution is 5.95. The van der Waals surface area contributed by atoms with Gasteiger partial charge in [-0.25, -0.2) is 18.4 Å². The van der Waals surface area contributed by atoms with Gasteiger partial charge in [-0.15, -0.1) is 0 Å². The molecule has 2 amide bonds. The lowest BCUT2D eigenvalue weighted by molar-refractivity contribution is -0.130. The molecule has 0 radical (unpaired) electrons. The highest BCUT2D eigenvalue weighted by atomic mass is 19.1. The number of Topliss-reactive ketones (excluding diaryl/α,β-unsaturated/α-hetero) is 1. The zero-order valence-electron chi connectivity index (χ0n) is 22.8. The minimum absolute atomic E-state index is 0.0000633. The predicted molar refractivity (Wildman–Crippen MR) is 147 cm³/mol. The third-order valence-electron chi connectivity index (χ3n) is 6.03. The zero-order valence-corrected chi connectivity index (χ0v) is 22.8. The fourth-order valence-electron chi connectivity index (χ4n) is 3.98. The number of alkyl carbamates (subject to hydrolysis) is 1. The molecule has 3 aromatic carbocycles. The van der Waals surface area contributed by atoms with Crippen molar-refractivity contribution < 1.29 is 37.4 Å². The van der Waals surface area contributed by atoms with Gasteiger partial charge in [0.25, 0.3) is 0 Å². The van der Waals surface area contributed by atoms with E-state index in [0.717, 1.165) is 23.8 Å². The normalized spacial score (nSPS) is 12.2. The van der Waals surface area contributed by atoms with Gasteiger partial charge in [-0.3, -0.25) is 9.59 Å². The summed E-state index contributed by atoms with van der Waals surface area (Å²) in [5, 5.41) is 5.20. The standard InChI is InChI=1S/C31H32F2N2O6/c1-20(2)16-26(35-31(39)41-18-22-12-7-4-8-13-22)29(37)34-25(17-21-10-5-3-6-11-21)27(36)19-40-30(38)28-23(32)14-9-15-24(28)33/h3-15,20,25-26H,16-19H2,1-2H3,(H,34,37)(H,35,39)/t25-,26-/m0/s1. The molecule has 41 heavy (non-hydrogen) atoms. The topological polar surface area (TPSA) is 111 Å². The van der Waals surface area contributed by atoms with Gasteiger partial charge in [-0.1, -0.05) is 80.6 Å². The van der Waals surface area contributed by atoms with Crippen LogP contribution < -0.4 is 10.6 Å². The molecule has 0 bridgehead atoms. The molecular weight excluding hydrogens is 534 g/mol. The van der Waals surface area contributed by atoms with Crippen LogP contribution in [0.15, 0.2) is 78.9 Å². The van der Waals surface area contributed by atoms with Crippen LogP contribution in [0.4, 0.5) is 13.6 Å². The van der Waals surface area contributed by atoms with Crippen molar-refractivity contribution in [2.75, 3.05) is 6.61 Å². The summed E-state index contributed by atoms with van der Waals surface area (Å²) in [4.78, 5) is 51.2. The first-order chi connectivity index (χ1) is 19.6. The number of halogens is 2. The van der Waals surface area contributed by atoms with Crippen LogP contribution >= 0.6 is 0 Å². The van der Waals surface area contributed by atoms with E-state index in [-0.39, 0.29) is 25.4 Å². The number of nitrogens with one attached hydrogen (secondary N) is 2. The molecular formula is C31H32F2N2O6. The van der Waals surface area contributed by atoms with Crippen LogP contribution in [-0.4, -0.2) is 42.4 Å². The molecule has 0 aliphatic heterocycles. The fraction of sp³-hybridized carbons (Fsp3) is 0.290. The van der Waals surface area contributed by atoms with E-state index in [1.165, 1.54) is 0 Å². The maximum absolute atomic E-state index is 14.0. The molecule has 0 aliphatic rings. The average molecular weight is 567 g/mol. The summed E-state index contributed by atoms with van der Waals surface area (Å²) in [6.45, 7) is 2.90. The van der Waals surface area contributed by atoms with Gasteiger partial charge >= 0.3 is 12.1 Å². The van der Waals surface area contributed by atoms with Crippen LogP contribution in [0.5, 0.6) is 0 Å². The average Bonchev–Trinajstić information content (AvgIpc) is 2.95. The first kappa shape index (κ1) is 30.9. The van der Waals surface area contributed by atoms with Crippen LogP contribution in [0.2, 0.25) is 0 Å². The number of ketones is 1. The first-order valence-electron chi connectivity index (χ1n) is 13.1. The Kier molecular flexibility index (Phi) is 11.5. The van der Waals surface area contributed by atoms with Crippen molar-refractivity contribution in [1.82, 2.24) is 10.6 Å². The maximum atomic E-state index is 14.0. The minimum Gasteiger partial charge on any atom is -0.454 e. The second kappa shape index (κ2) is 15.3. The van der Waals surface area contributed by atoms with E-state index >= 15 is 0 Å². The van der Waals surface area contributed by atoms with Crippen molar-refractivity contribution in [2.24, 2.45) is 5.92 Å². The number of benzene rings is 3. The summed E-state index contributed by atoms with van der Waals surface area (Å²) >= 11 is 0. The fourth-order valence-corrected chi connectivity index (χ4v) is 3.98. The van der Waals surface area contributed by atoms with E-state index in [9.17, 15) is 28.0 Å². The van der Waals surface area contributed by atoms with Gasteiger partial charge in [0.1, 0.15) is 29.8 Å². The Bertz CT molecular complexity index is 1310. The molecule has 0 aromatic heterocycles. The Hall–Kier alpha value is -4.60. The van der Waals surface area contributed by atoms with Gasteiger partial charge in [0.2, 0.25) is 5.91 Å². The molecule has 2 atom stereocenters. The number of hydrogen-bond donors (Lipinski definition) is 2. The quantitative estimate of drug-likeness (QED) is 0.289. The molecule has 3 rings (SSSR count). The van der Waals surface area contributed by atoms with Crippen LogP contribution in [0.25, 0.3) is 0 Å². The molecule has 0 fully saturated rings. The van der Waals surface area contributed by atoms with Crippen LogP contribution in [-0.2, 0) is 32.1 Å². The number of carbonyl (C=O) groups excluding carboxylic acids is 4. The van der Waals surface area contributed by atoms with Gasteiger partial charge in [-0.2, -0.15) is 0 Å². The summed E-state index contributed by atoms with van der Waals surface area (Å²) in [6.07, 6.45) is -0.509. The summed E-state index contributed by atoms with van der Waals surface area (Å²) < 4.78 is 38.1. The number of carbonyl (C=O) groups is 4. The van der Waals surface area contributed by atoms with Crippen molar-refractivity contribution >= 4 is 23.8 Å². The molecule has 0 saturated carbocycles. The monoisotopic (exact) mass is 566 g/mol. The Morgan fingerprint density at radius 1 is 0.732 bits per heavy atom. The Morgan fingerprint density at radius 3 is 1.90 bits per heavy atom. The van der Waals surface area contributed by atoms with Gasteiger partial charge in [0.05, 0.1) is 6.04 Å². The van der Waals surface area contributed by atoms with E-state index in [1.54, 1.807) is 54.6 Å². The van der Waals surface area contributed by atoms with Gasteiger partial charge in [0, 0.05) is 0 Å². The van der Waals surface area contributed by atoms with E-state index in [0.29, 0.717) is 5.56 Å². The lowest BCUT2D eigenvalue weighted by Gasteiger charge is -2.24. The van der Waals surface area contributed by atoms with Crippen LogP contribution in [0, 0.1) is 17.6 Å². The zero-order chi connectivity index (χ0) is 29.8. The van der Waals surface area contributed by atoms with Crippen molar-refractivity contribution in [1.29, 1.82) is 0 Å². The Labute approximate surface area is 237 Å². The molecule has 0 spiro atoms. The molecule has 3 aromatic rings. The minimum atomic E-state index is -1.35. The number of amides is 2. The van der Waals surface area contributed by atoms with E-state index in [2.05, 4.69) is 10.6 Å². The summed E-state index contributed by atoms with van der Waals surface area (Å²) in [5.41, 5.74) is 0.554. The second-order valence-electron chi connectivity index (χ2n) is 9.78. The Balaban J connectivity index is 1.70. The summed E-state index contributed by atoms with van der Waals surface area (Å²) in [5.74, 6) is -4.95. The predicted octanol–water partition coefficient (Wildman–Crippen LogP) is 4.76. The van der Waals surface area contributed by atoms with Crippen LogP contribution in [0.1, 0.15) is 41.8 Å². The van der Waals surface area contributed by atoms with Crippen molar-refractivity contribution in [2.45, 2.75) is 45.4 Å². The first-order valence-corrected chi connectivity index (χ1v) is 13.1. The lowest BCUT2D eigenvalue weighted by atomic mass is 10.00. The van der Waals surface area contributed by atoms with Gasteiger partial charge in [-0.05, 0) is 42.0 Å². The highest BCUT2D eigenvalue weighted by Gasteiger charge is 2.29. The van der Waals surface area contributed by atoms with Crippen LogP contribution in [0.3, 0.4) is 0 Å². The lowest BCUT2D eigenvalue weighted by Crippen LogP contribution is -2.53. The van der Waals surface area contributed by atoms with Gasteiger partial charge in [0.15, 0.2) is 12.4 Å². The largest absolute Gasteiger partial charge is 0.454 e. The van der Waals surface area contributed by atoms with Crippen molar-refractivity contribution in [3.63, 3.8) is 0 Å². The third kappa shape index (κ3) is 9.82. The van der Waals surface area contributed by atoms with E-state index in [1.807, 2.05) is 19.9 Å². The molecule has 8 nitrogen and oxygen atoms in total. The smallest absolute Gasteiger partial charge is 0.408 e. The number of esters is 1. The highest BCUT2D eigenvalue weighted by Crippen LogP contribution is 2.14. The molecule has 2 N–H and O–H groups in total. The molecule has 10 heteroatoms. The molecule has 0 heterocycles. The number of ether oxygens (including phenoxy) is 2. The molecule has 0 unspecified atom stereocenters. The third-order valence-corrected chi connectivity index (χ3v) is 6.03. The molecule has 0 saturated heterocycles. The van der Waals surface area contributed by atoms with Gasteiger partial charge < -0.3 is 20.1 Å². The maximum Gasteiger partial charge on any atom is 0.408 e. The number of rotatable bonds is 13. The summed E-state index contributed by atoms with van der Waals surface area (Å²) in [6, 6.07) is 18.5. The number of hydrogen-bond acceptors (Lipinski definition) is 6. The van der Waals surface area contributed by atoms with Crippen molar-refractivity contribution in [3.8, 4) is 0 Å². The second-order valence-corrected chi connectivity index (χ2v) is 9.78. The van der Waals surface area contributed by atoms with E-state index in [4.69, 9.17) is 9.47 Å². The molecule has 216 valence electrons. The molecule has 0 aliphatic carbocycles. The van der Waals surface area contributed by atoms with Crippen molar-refractivity contribution in [3.05, 3.63) is 107 Å². The summed E-state index contributed by atoms with van der Waals surface area (Å²) in [7, 11) is 0. The SMILES string of the molecule is CC(C)C[C@H](NC(=O)OCc1ccccc1)C(=O)N[C@@H](Cc1ccccc1)C(=O)COC(=O)c1c(F)cccc1F. The van der Waals surface area contributed by atoms with E-state index < -0.39 is 59.6 Å².